The van der Waals surface area contributed by atoms with Crippen molar-refractivity contribution >= 4 is 11.6 Å². The highest BCUT2D eigenvalue weighted by Crippen LogP contribution is 2.26. The summed E-state index contributed by atoms with van der Waals surface area (Å²) in [4.78, 5) is 21.4. The van der Waals surface area contributed by atoms with Gasteiger partial charge in [-0.15, -0.1) is 0 Å². The fraction of sp³-hybridized carbons (Fsp3) is 0.0370. The van der Waals surface area contributed by atoms with Crippen molar-refractivity contribution in [1.82, 2.24) is 19.7 Å². The molecule has 166 valence electrons. The third kappa shape index (κ3) is 4.99. The fourth-order valence-electron chi connectivity index (χ4n) is 3.54. The lowest BCUT2D eigenvalue weighted by atomic mass is 10.1. The van der Waals surface area contributed by atoms with Crippen LogP contribution >= 0.6 is 0 Å². The third-order valence-corrected chi connectivity index (χ3v) is 5.09. The van der Waals surface area contributed by atoms with E-state index in [4.69, 9.17) is 9.84 Å². The Kier molecular flexibility index (Phi) is 6.07. The second-order valence-electron chi connectivity index (χ2n) is 7.57. The van der Waals surface area contributed by atoms with E-state index in [0.29, 0.717) is 35.1 Å². The number of carbonyl (C=O) groups excluding carboxylic acids is 1. The van der Waals surface area contributed by atoms with Gasteiger partial charge in [0.2, 0.25) is 5.88 Å². The van der Waals surface area contributed by atoms with Crippen LogP contribution in [-0.2, 0) is 6.54 Å². The molecule has 0 bridgehead atoms. The highest BCUT2D eigenvalue weighted by Gasteiger charge is 2.18. The van der Waals surface area contributed by atoms with Gasteiger partial charge in [0.15, 0.2) is 0 Å². The predicted molar refractivity (Wildman–Crippen MR) is 130 cm³/mol. The second kappa shape index (κ2) is 9.79. The molecule has 0 atom stereocenters. The van der Waals surface area contributed by atoms with Crippen molar-refractivity contribution in [3.8, 4) is 22.9 Å². The van der Waals surface area contributed by atoms with Crippen LogP contribution in [0.25, 0.3) is 11.3 Å². The van der Waals surface area contributed by atoms with Gasteiger partial charge in [0, 0.05) is 35.9 Å². The van der Waals surface area contributed by atoms with Gasteiger partial charge in [-0.25, -0.2) is 4.98 Å². The Bertz CT molecular complexity index is 1390. The first-order chi connectivity index (χ1) is 16.7. The molecule has 34 heavy (non-hydrogen) atoms. The van der Waals surface area contributed by atoms with E-state index in [-0.39, 0.29) is 5.91 Å². The molecule has 2 heterocycles. The maximum atomic E-state index is 13.3. The zero-order valence-corrected chi connectivity index (χ0v) is 18.2. The third-order valence-electron chi connectivity index (χ3n) is 5.09. The van der Waals surface area contributed by atoms with Crippen LogP contribution in [0.3, 0.4) is 0 Å². The Balaban J connectivity index is 1.41. The predicted octanol–water partition coefficient (Wildman–Crippen LogP) is 5.43. The van der Waals surface area contributed by atoms with Crippen molar-refractivity contribution in [1.29, 1.82) is 0 Å². The molecule has 0 aliphatic heterocycles. The number of ether oxygens (including phenoxy) is 1. The van der Waals surface area contributed by atoms with Gasteiger partial charge in [0.1, 0.15) is 11.4 Å². The summed E-state index contributed by atoms with van der Waals surface area (Å²) in [6.07, 6.45) is 6.44. The van der Waals surface area contributed by atoms with E-state index in [1.54, 1.807) is 47.5 Å². The van der Waals surface area contributed by atoms with Crippen molar-refractivity contribution in [2.45, 2.75) is 6.54 Å². The maximum absolute atomic E-state index is 13.3. The molecule has 0 saturated heterocycles. The van der Waals surface area contributed by atoms with E-state index in [1.807, 2.05) is 60.7 Å². The maximum Gasteiger partial charge on any atom is 0.259 e. The topological polar surface area (TPSA) is 81.9 Å². The average molecular weight is 447 g/mol. The van der Waals surface area contributed by atoms with Crippen LogP contribution in [0, 0.1) is 0 Å². The van der Waals surface area contributed by atoms with Crippen LogP contribution < -0.4 is 10.1 Å². The summed E-state index contributed by atoms with van der Waals surface area (Å²) in [5.74, 6) is 0.663. The molecule has 2 aromatic heterocycles. The Hall–Kier alpha value is -4.78. The van der Waals surface area contributed by atoms with Crippen LogP contribution in [0.1, 0.15) is 15.9 Å². The molecule has 1 N–H and O–H groups in total. The number of nitrogens with one attached hydrogen (secondary N) is 1. The van der Waals surface area contributed by atoms with Crippen molar-refractivity contribution in [2.75, 3.05) is 5.32 Å². The Morgan fingerprint density at radius 3 is 2.47 bits per heavy atom. The van der Waals surface area contributed by atoms with Gasteiger partial charge in [0.05, 0.1) is 18.3 Å². The molecule has 7 nitrogen and oxygen atoms in total. The van der Waals surface area contributed by atoms with Gasteiger partial charge in [-0.1, -0.05) is 66.7 Å². The molecule has 0 saturated carbocycles. The first-order valence-electron chi connectivity index (χ1n) is 10.8. The Morgan fingerprint density at radius 1 is 0.912 bits per heavy atom. The summed E-state index contributed by atoms with van der Waals surface area (Å²) < 4.78 is 7.52. The number of carbonyl (C=O) groups is 1. The molecule has 0 aliphatic rings. The van der Waals surface area contributed by atoms with Crippen LogP contribution in [0.5, 0.6) is 11.6 Å². The highest BCUT2D eigenvalue weighted by molar-refractivity contribution is 6.08. The van der Waals surface area contributed by atoms with Crippen molar-refractivity contribution in [3.05, 3.63) is 121 Å². The number of nitrogens with zero attached hydrogens (tertiary/aromatic N) is 4. The van der Waals surface area contributed by atoms with Crippen LogP contribution in [-0.4, -0.2) is 25.7 Å². The number of aromatic nitrogens is 4. The second-order valence-corrected chi connectivity index (χ2v) is 7.57. The van der Waals surface area contributed by atoms with Crippen LogP contribution in [0.2, 0.25) is 0 Å². The summed E-state index contributed by atoms with van der Waals surface area (Å²) in [6, 6.07) is 26.8. The normalized spacial score (nSPS) is 10.6. The summed E-state index contributed by atoms with van der Waals surface area (Å²) in [7, 11) is 0. The number of benzene rings is 3. The standard InChI is InChI=1S/C27H21N5O2/c33-27(30-22-12-7-13-23(16-22)34-25-17-28-14-15-29-25)24-19-32(18-20-8-3-1-4-9-20)31-26(24)21-10-5-2-6-11-21/h1-17,19H,18H2,(H,30,33). The zero-order valence-electron chi connectivity index (χ0n) is 18.2. The lowest BCUT2D eigenvalue weighted by molar-refractivity contribution is 0.102. The molecular formula is C27H21N5O2. The monoisotopic (exact) mass is 447 g/mol. The van der Waals surface area contributed by atoms with Gasteiger partial charge < -0.3 is 10.1 Å². The molecule has 1 amide bonds. The summed E-state index contributed by atoms with van der Waals surface area (Å²) in [6.45, 7) is 0.565. The van der Waals surface area contributed by atoms with Crippen molar-refractivity contribution in [2.24, 2.45) is 0 Å². The van der Waals surface area contributed by atoms with Gasteiger partial charge in [0.25, 0.3) is 5.91 Å². The first-order valence-corrected chi connectivity index (χ1v) is 10.8. The van der Waals surface area contributed by atoms with E-state index in [9.17, 15) is 4.79 Å². The summed E-state index contributed by atoms with van der Waals surface area (Å²) >= 11 is 0. The minimum absolute atomic E-state index is 0.255. The Morgan fingerprint density at radius 2 is 1.71 bits per heavy atom. The van der Waals surface area contributed by atoms with E-state index in [2.05, 4.69) is 15.3 Å². The Labute approximate surface area is 196 Å². The number of hydrogen-bond acceptors (Lipinski definition) is 5. The summed E-state index contributed by atoms with van der Waals surface area (Å²) in [5, 5.41) is 7.69. The van der Waals surface area contributed by atoms with Crippen molar-refractivity contribution < 1.29 is 9.53 Å². The molecule has 0 radical (unpaired) electrons. The SMILES string of the molecule is O=C(Nc1cccc(Oc2cnccn2)c1)c1cn(Cc2ccccc2)nc1-c1ccccc1. The van der Waals surface area contributed by atoms with E-state index >= 15 is 0 Å². The van der Waals surface area contributed by atoms with E-state index in [1.165, 1.54) is 6.20 Å². The van der Waals surface area contributed by atoms with E-state index in [0.717, 1.165) is 11.1 Å². The van der Waals surface area contributed by atoms with Gasteiger partial charge >= 0.3 is 0 Å². The first kappa shape index (κ1) is 21.1. The molecule has 0 fully saturated rings. The minimum Gasteiger partial charge on any atom is -0.437 e. The summed E-state index contributed by atoms with van der Waals surface area (Å²) in [5.41, 5.74) is 3.69. The van der Waals surface area contributed by atoms with Crippen molar-refractivity contribution in [3.63, 3.8) is 0 Å². The molecule has 7 heteroatoms. The fourth-order valence-corrected chi connectivity index (χ4v) is 3.54. The highest BCUT2D eigenvalue weighted by atomic mass is 16.5. The van der Waals surface area contributed by atoms with Crippen LogP contribution in [0.15, 0.2) is 110 Å². The smallest absolute Gasteiger partial charge is 0.259 e. The molecule has 0 aliphatic carbocycles. The lowest BCUT2D eigenvalue weighted by Crippen LogP contribution is -2.12. The average Bonchev–Trinajstić information content (AvgIpc) is 3.30. The molecule has 5 aromatic rings. The van der Waals surface area contributed by atoms with E-state index < -0.39 is 0 Å². The number of amides is 1. The zero-order chi connectivity index (χ0) is 23.2. The quantitative estimate of drug-likeness (QED) is 0.360. The lowest BCUT2D eigenvalue weighted by Gasteiger charge is -2.08. The molecule has 3 aromatic carbocycles. The van der Waals surface area contributed by atoms with Gasteiger partial charge in [-0.05, 0) is 17.7 Å². The number of rotatable bonds is 7. The number of anilines is 1. The molecular weight excluding hydrogens is 426 g/mol. The van der Waals surface area contributed by atoms with Gasteiger partial charge in [-0.3, -0.25) is 14.5 Å². The van der Waals surface area contributed by atoms with Crippen LogP contribution in [0.4, 0.5) is 5.69 Å². The van der Waals surface area contributed by atoms with Gasteiger partial charge in [-0.2, -0.15) is 5.10 Å². The largest absolute Gasteiger partial charge is 0.437 e. The molecule has 5 rings (SSSR count). The molecule has 0 spiro atoms. The number of hydrogen-bond donors (Lipinski definition) is 1. The molecule has 0 unspecified atom stereocenters. The minimum atomic E-state index is -0.255.